The van der Waals surface area contributed by atoms with E-state index < -0.39 is 0 Å². The second kappa shape index (κ2) is 16.0. The first-order valence-electron chi connectivity index (χ1n) is 14.8. The van der Waals surface area contributed by atoms with Crippen LogP contribution in [0.2, 0.25) is 0 Å². The SMILES string of the molecule is COCCN(CC(C)=O)C(=O)CN(Cc1ccccc1)C(=O)CN(Cc1ccc2c(c1)OCO2)C(=O)CN1CCCCC1. The maximum Gasteiger partial charge on any atom is 0.242 e. The Bertz CT molecular complexity index is 1250. The Morgan fingerprint density at radius 3 is 2.12 bits per heavy atom. The molecule has 1 saturated heterocycles. The molecule has 0 aromatic heterocycles. The molecule has 2 aliphatic heterocycles. The summed E-state index contributed by atoms with van der Waals surface area (Å²) in [5.41, 5.74) is 1.66. The van der Waals surface area contributed by atoms with Crippen LogP contribution in [0.25, 0.3) is 0 Å². The van der Waals surface area contributed by atoms with Crippen molar-refractivity contribution < 1.29 is 33.4 Å². The zero-order chi connectivity index (χ0) is 30.6. The Morgan fingerprint density at radius 2 is 1.42 bits per heavy atom. The number of Topliss-reactive ketones (excluding diaryl/α,β-unsaturated/α-hetero) is 1. The highest BCUT2D eigenvalue weighted by atomic mass is 16.7. The van der Waals surface area contributed by atoms with E-state index in [4.69, 9.17) is 14.2 Å². The van der Waals surface area contributed by atoms with Gasteiger partial charge in [0.05, 0.1) is 19.7 Å². The molecule has 2 aliphatic rings. The second-order valence-corrected chi connectivity index (χ2v) is 11.0. The fourth-order valence-electron chi connectivity index (χ4n) is 5.23. The van der Waals surface area contributed by atoms with Gasteiger partial charge in [-0.1, -0.05) is 42.8 Å². The largest absolute Gasteiger partial charge is 0.454 e. The van der Waals surface area contributed by atoms with Crippen molar-refractivity contribution in [2.45, 2.75) is 39.3 Å². The fraction of sp³-hybridized carbons (Fsp3) is 0.500. The zero-order valence-electron chi connectivity index (χ0n) is 25.2. The molecule has 0 unspecified atom stereocenters. The minimum absolute atomic E-state index is 0.0693. The molecule has 0 aliphatic carbocycles. The lowest BCUT2D eigenvalue weighted by molar-refractivity contribution is -0.146. The number of carbonyl (C=O) groups excluding carboxylic acids is 4. The standard InChI is InChI=1S/C32H42N4O7/c1-25(37)18-34(15-16-41-2)31(39)22-35(19-26-9-5-3-6-10-26)32(40)23-36(30(38)21-33-13-7-4-8-14-33)20-27-11-12-28-29(17-27)43-24-42-28/h3,5-6,9-12,17H,4,7-8,13-16,18-24H2,1-2H3. The maximum absolute atomic E-state index is 13.9. The summed E-state index contributed by atoms with van der Waals surface area (Å²) in [6.45, 7) is 3.85. The number of ketones is 1. The Hall–Kier alpha value is -3.96. The van der Waals surface area contributed by atoms with Gasteiger partial charge in [-0.05, 0) is 56.1 Å². The van der Waals surface area contributed by atoms with E-state index >= 15 is 0 Å². The first-order chi connectivity index (χ1) is 20.8. The number of benzene rings is 2. The van der Waals surface area contributed by atoms with Crippen LogP contribution in [0.1, 0.15) is 37.3 Å². The van der Waals surface area contributed by atoms with Gasteiger partial charge in [-0.2, -0.15) is 0 Å². The summed E-state index contributed by atoms with van der Waals surface area (Å²) in [5, 5.41) is 0. The predicted octanol–water partition coefficient (Wildman–Crippen LogP) is 2.32. The molecule has 0 spiro atoms. The fourth-order valence-corrected chi connectivity index (χ4v) is 5.23. The van der Waals surface area contributed by atoms with Crippen molar-refractivity contribution in [3.63, 3.8) is 0 Å². The third kappa shape index (κ3) is 9.79. The summed E-state index contributed by atoms with van der Waals surface area (Å²) in [6.07, 6.45) is 3.24. The summed E-state index contributed by atoms with van der Waals surface area (Å²) in [5.74, 6) is 0.200. The molecule has 4 rings (SSSR count). The number of rotatable bonds is 15. The molecule has 43 heavy (non-hydrogen) atoms. The highest BCUT2D eigenvalue weighted by Gasteiger charge is 2.27. The normalized spacial score (nSPS) is 14.3. The molecule has 11 nitrogen and oxygen atoms in total. The molecule has 0 radical (unpaired) electrons. The van der Waals surface area contributed by atoms with Crippen LogP contribution in [0.4, 0.5) is 0 Å². The van der Waals surface area contributed by atoms with E-state index in [2.05, 4.69) is 4.90 Å². The number of hydrogen-bond donors (Lipinski definition) is 0. The Kier molecular flexibility index (Phi) is 11.9. The number of amides is 3. The number of nitrogens with zero attached hydrogens (tertiary/aromatic N) is 4. The molecular weight excluding hydrogens is 552 g/mol. The molecule has 0 bridgehead atoms. The summed E-state index contributed by atoms with van der Waals surface area (Å²) >= 11 is 0. The average Bonchev–Trinajstić information content (AvgIpc) is 3.47. The number of methoxy groups -OCH3 is 1. The summed E-state index contributed by atoms with van der Waals surface area (Å²) < 4.78 is 16.1. The molecule has 11 heteroatoms. The highest BCUT2D eigenvalue weighted by Crippen LogP contribution is 2.32. The zero-order valence-corrected chi connectivity index (χ0v) is 25.2. The lowest BCUT2D eigenvalue weighted by Crippen LogP contribution is -2.49. The average molecular weight is 595 g/mol. The summed E-state index contributed by atoms with van der Waals surface area (Å²) in [4.78, 5) is 59.4. The van der Waals surface area contributed by atoms with Crippen molar-refractivity contribution in [3.8, 4) is 11.5 Å². The third-order valence-electron chi connectivity index (χ3n) is 7.52. The summed E-state index contributed by atoms with van der Waals surface area (Å²) in [7, 11) is 1.53. The van der Waals surface area contributed by atoms with Gasteiger partial charge in [-0.25, -0.2) is 0 Å². The Balaban J connectivity index is 1.54. The first kappa shape index (κ1) is 32.0. The van der Waals surface area contributed by atoms with Gasteiger partial charge in [0, 0.05) is 26.7 Å². The topological polar surface area (TPSA) is 109 Å². The molecule has 0 N–H and O–H groups in total. The molecule has 1 fully saturated rings. The van der Waals surface area contributed by atoms with Crippen LogP contribution in [0.15, 0.2) is 48.5 Å². The summed E-state index contributed by atoms with van der Waals surface area (Å²) in [6, 6.07) is 14.9. The van der Waals surface area contributed by atoms with Gasteiger partial charge >= 0.3 is 0 Å². The van der Waals surface area contributed by atoms with Crippen molar-refractivity contribution in [2.24, 2.45) is 0 Å². The maximum atomic E-state index is 13.9. The van der Waals surface area contributed by atoms with Crippen LogP contribution in [0.5, 0.6) is 11.5 Å². The van der Waals surface area contributed by atoms with Gasteiger partial charge in [0.15, 0.2) is 11.5 Å². The van der Waals surface area contributed by atoms with E-state index in [9.17, 15) is 19.2 Å². The van der Waals surface area contributed by atoms with Crippen molar-refractivity contribution in [2.75, 3.05) is 66.3 Å². The van der Waals surface area contributed by atoms with Gasteiger partial charge in [0.25, 0.3) is 0 Å². The highest BCUT2D eigenvalue weighted by molar-refractivity contribution is 5.90. The molecule has 3 amide bonds. The van der Waals surface area contributed by atoms with Gasteiger partial charge in [-0.3, -0.25) is 24.1 Å². The van der Waals surface area contributed by atoms with E-state index in [1.54, 1.807) is 11.0 Å². The molecule has 2 aromatic carbocycles. The minimum atomic E-state index is -0.363. The lowest BCUT2D eigenvalue weighted by atomic mass is 10.1. The first-order valence-corrected chi connectivity index (χ1v) is 14.8. The van der Waals surface area contributed by atoms with Gasteiger partial charge in [-0.15, -0.1) is 0 Å². The van der Waals surface area contributed by atoms with Crippen LogP contribution in [-0.2, 0) is 37.0 Å². The monoisotopic (exact) mass is 594 g/mol. The third-order valence-corrected chi connectivity index (χ3v) is 7.52. The molecular formula is C32H42N4O7. The molecule has 2 heterocycles. The lowest BCUT2D eigenvalue weighted by Gasteiger charge is -2.32. The number of carbonyl (C=O) groups is 4. The number of likely N-dealkylation sites (tertiary alicyclic amines) is 1. The van der Waals surface area contributed by atoms with E-state index in [0.29, 0.717) is 11.5 Å². The van der Waals surface area contributed by atoms with E-state index in [-0.39, 0.29) is 82.7 Å². The molecule has 232 valence electrons. The van der Waals surface area contributed by atoms with Gasteiger partial charge in [0.1, 0.15) is 18.9 Å². The number of fused-ring (bicyclic) bond motifs is 1. The second-order valence-electron chi connectivity index (χ2n) is 11.0. The van der Waals surface area contributed by atoms with Gasteiger partial charge in [0.2, 0.25) is 24.5 Å². The van der Waals surface area contributed by atoms with Crippen LogP contribution in [-0.4, -0.2) is 109 Å². The van der Waals surface area contributed by atoms with E-state index in [1.807, 2.05) is 42.5 Å². The predicted molar refractivity (Wildman–Crippen MR) is 159 cm³/mol. The van der Waals surface area contributed by atoms with Gasteiger partial charge < -0.3 is 28.9 Å². The van der Waals surface area contributed by atoms with Crippen molar-refractivity contribution in [1.29, 1.82) is 0 Å². The van der Waals surface area contributed by atoms with E-state index in [1.165, 1.54) is 23.8 Å². The molecule has 0 saturated carbocycles. The van der Waals surface area contributed by atoms with E-state index in [0.717, 1.165) is 43.5 Å². The number of ether oxygens (including phenoxy) is 3. The Labute approximate surface area is 253 Å². The smallest absolute Gasteiger partial charge is 0.242 e. The van der Waals surface area contributed by atoms with Crippen molar-refractivity contribution >= 4 is 23.5 Å². The van der Waals surface area contributed by atoms with Crippen LogP contribution < -0.4 is 9.47 Å². The van der Waals surface area contributed by atoms with Crippen molar-refractivity contribution in [1.82, 2.24) is 19.6 Å². The molecule has 0 atom stereocenters. The number of hydrogen-bond acceptors (Lipinski definition) is 8. The van der Waals surface area contributed by atoms with Crippen molar-refractivity contribution in [3.05, 3.63) is 59.7 Å². The van der Waals surface area contributed by atoms with Crippen LogP contribution in [0, 0.1) is 0 Å². The minimum Gasteiger partial charge on any atom is -0.454 e. The van der Waals surface area contributed by atoms with Crippen LogP contribution >= 0.6 is 0 Å². The molecule has 2 aromatic rings. The number of piperidine rings is 1. The Morgan fingerprint density at radius 1 is 0.767 bits per heavy atom. The van der Waals surface area contributed by atoms with Crippen LogP contribution in [0.3, 0.4) is 0 Å². The quantitative estimate of drug-likeness (QED) is 0.309.